The maximum absolute atomic E-state index is 11.9. The second kappa shape index (κ2) is 6.70. The molecule has 1 N–H and O–H groups in total. The number of hydrogen-bond donors (Lipinski definition) is 1. The van der Waals surface area contributed by atoms with Crippen molar-refractivity contribution >= 4 is 27.5 Å². The highest BCUT2D eigenvalue weighted by molar-refractivity contribution is 9.10. The van der Waals surface area contributed by atoms with Crippen LogP contribution in [0.2, 0.25) is 0 Å². The molecule has 2 rings (SSSR count). The molecule has 1 amide bonds. The van der Waals surface area contributed by atoms with Gasteiger partial charge in [0, 0.05) is 36.7 Å². The van der Waals surface area contributed by atoms with Crippen LogP contribution in [0.4, 0.5) is 5.69 Å². The van der Waals surface area contributed by atoms with Crippen LogP contribution < -0.4 is 5.32 Å². The topological polar surface area (TPSA) is 54.5 Å². The minimum Gasteiger partial charge on any atom is -0.383 e. The molecule has 0 aromatic carbocycles. The molecule has 1 aromatic rings. The lowest BCUT2D eigenvalue weighted by atomic mass is 10.3. The number of hydrogen-bond acceptors (Lipinski definition) is 4. The summed E-state index contributed by atoms with van der Waals surface area (Å²) in [5.74, 6) is 0.175. The van der Waals surface area contributed by atoms with Crippen molar-refractivity contribution in [2.45, 2.75) is 6.42 Å². The van der Waals surface area contributed by atoms with Crippen LogP contribution in [0.25, 0.3) is 0 Å². The Morgan fingerprint density at radius 3 is 2.94 bits per heavy atom. The van der Waals surface area contributed by atoms with Crippen molar-refractivity contribution in [1.29, 1.82) is 0 Å². The number of ether oxygens (including phenoxy) is 1. The first-order valence-corrected chi connectivity index (χ1v) is 6.75. The number of halogens is 1. The van der Waals surface area contributed by atoms with Gasteiger partial charge in [-0.2, -0.15) is 0 Å². The lowest BCUT2D eigenvalue weighted by Gasteiger charge is -2.26. The molecule has 0 saturated carbocycles. The molecule has 98 valence electrons. The molecule has 0 atom stereocenters. The van der Waals surface area contributed by atoms with Gasteiger partial charge in [0.2, 0.25) is 5.91 Å². The Morgan fingerprint density at radius 1 is 1.44 bits per heavy atom. The molecule has 0 spiro atoms. The van der Waals surface area contributed by atoms with Crippen molar-refractivity contribution in [2.75, 3.05) is 38.2 Å². The highest BCUT2D eigenvalue weighted by Crippen LogP contribution is 2.13. The molecule has 5 nitrogen and oxygen atoms in total. The van der Waals surface area contributed by atoms with E-state index in [1.165, 1.54) is 0 Å². The van der Waals surface area contributed by atoms with Crippen LogP contribution in [0.3, 0.4) is 0 Å². The van der Waals surface area contributed by atoms with Gasteiger partial charge in [0.15, 0.2) is 0 Å². The van der Waals surface area contributed by atoms with Crippen molar-refractivity contribution in [2.24, 2.45) is 0 Å². The van der Waals surface area contributed by atoms with Crippen LogP contribution in [0.15, 0.2) is 22.9 Å². The Bertz CT molecular complexity index is 408. The molecule has 2 heterocycles. The van der Waals surface area contributed by atoms with E-state index in [1.54, 1.807) is 12.4 Å². The third kappa shape index (κ3) is 3.96. The van der Waals surface area contributed by atoms with E-state index in [9.17, 15) is 4.79 Å². The van der Waals surface area contributed by atoms with Crippen molar-refractivity contribution in [1.82, 2.24) is 9.88 Å². The van der Waals surface area contributed by atoms with E-state index in [2.05, 4.69) is 26.2 Å². The van der Waals surface area contributed by atoms with Gasteiger partial charge in [0.25, 0.3) is 0 Å². The monoisotopic (exact) mass is 313 g/mol. The third-order valence-electron chi connectivity index (χ3n) is 2.74. The summed E-state index contributed by atoms with van der Waals surface area (Å²) in [6, 6.07) is 1.94. The fourth-order valence-corrected chi connectivity index (χ4v) is 2.16. The molecule has 18 heavy (non-hydrogen) atoms. The second-order valence-corrected chi connectivity index (χ2v) is 4.98. The third-order valence-corrected chi connectivity index (χ3v) is 3.17. The number of nitrogens with zero attached hydrogens (tertiary/aromatic N) is 2. The zero-order chi connectivity index (χ0) is 12.8. The Labute approximate surface area is 115 Å². The smallest absolute Gasteiger partial charge is 0.224 e. The Balaban J connectivity index is 1.73. The lowest BCUT2D eigenvalue weighted by Crippen LogP contribution is -2.41. The van der Waals surface area contributed by atoms with Crippen LogP contribution in [0.5, 0.6) is 0 Å². The summed E-state index contributed by atoms with van der Waals surface area (Å²) in [5.41, 5.74) is 0.916. The molecule has 0 aliphatic carbocycles. The molecular formula is C12H16BrN3O2. The van der Waals surface area contributed by atoms with E-state index in [0.29, 0.717) is 39.3 Å². The predicted molar refractivity (Wildman–Crippen MR) is 72.4 cm³/mol. The maximum Gasteiger partial charge on any atom is 0.224 e. The fraction of sp³-hybridized carbons (Fsp3) is 0.500. The first-order chi connectivity index (χ1) is 8.75. The van der Waals surface area contributed by atoms with Gasteiger partial charge in [-0.25, -0.2) is 0 Å². The van der Waals surface area contributed by atoms with Gasteiger partial charge < -0.3 is 15.0 Å². The van der Waals surface area contributed by atoms with Crippen LogP contribution in [-0.4, -0.2) is 48.6 Å². The number of carbonyl (C=O) groups excluding carboxylic acids is 1. The van der Waals surface area contributed by atoms with E-state index in [-0.39, 0.29) is 5.91 Å². The summed E-state index contributed by atoms with van der Waals surface area (Å²) in [6.45, 7) is 3.33. The van der Waals surface area contributed by atoms with Gasteiger partial charge in [0.05, 0.1) is 25.1 Å². The number of amides is 1. The van der Waals surface area contributed by atoms with E-state index < -0.39 is 0 Å². The largest absolute Gasteiger partial charge is 0.383 e. The Hall–Kier alpha value is -1.14. The van der Waals surface area contributed by atoms with E-state index in [4.69, 9.17) is 4.74 Å². The van der Waals surface area contributed by atoms with Gasteiger partial charge >= 0.3 is 0 Å². The summed E-state index contributed by atoms with van der Waals surface area (Å²) in [5, 5.41) is 3.18. The van der Waals surface area contributed by atoms with Crippen LogP contribution in [-0.2, 0) is 9.53 Å². The van der Waals surface area contributed by atoms with Gasteiger partial charge in [0.1, 0.15) is 0 Å². The summed E-state index contributed by atoms with van der Waals surface area (Å²) >= 11 is 3.35. The molecule has 1 saturated heterocycles. The SMILES string of the molecule is O=C(CCNc1cncc(Br)c1)N1CCOCC1. The van der Waals surface area contributed by atoms with Crippen molar-refractivity contribution in [3.05, 3.63) is 22.9 Å². The average Bonchev–Trinajstić information content (AvgIpc) is 2.40. The van der Waals surface area contributed by atoms with Gasteiger partial charge in [-0.05, 0) is 22.0 Å². The lowest BCUT2D eigenvalue weighted by molar-refractivity contribution is -0.134. The van der Waals surface area contributed by atoms with E-state index in [1.807, 2.05) is 11.0 Å². The number of pyridine rings is 1. The van der Waals surface area contributed by atoms with Crippen LogP contribution >= 0.6 is 15.9 Å². The molecule has 1 aliphatic heterocycles. The molecular weight excluding hydrogens is 298 g/mol. The van der Waals surface area contributed by atoms with Gasteiger partial charge in [-0.1, -0.05) is 0 Å². The molecule has 1 aliphatic rings. The maximum atomic E-state index is 11.9. The Kier molecular flexibility index (Phi) is 4.95. The van der Waals surface area contributed by atoms with Crippen molar-refractivity contribution in [3.63, 3.8) is 0 Å². The van der Waals surface area contributed by atoms with Gasteiger partial charge in [-0.3, -0.25) is 9.78 Å². The minimum absolute atomic E-state index is 0.175. The van der Waals surface area contributed by atoms with Crippen molar-refractivity contribution < 1.29 is 9.53 Å². The molecule has 6 heteroatoms. The predicted octanol–water partition coefficient (Wildman–Crippen LogP) is 1.50. The first-order valence-electron chi connectivity index (χ1n) is 5.95. The molecule has 1 aromatic heterocycles. The second-order valence-electron chi connectivity index (χ2n) is 4.06. The zero-order valence-electron chi connectivity index (χ0n) is 10.1. The van der Waals surface area contributed by atoms with E-state index in [0.717, 1.165) is 10.2 Å². The average molecular weight is 314 g/mol. The highest BCUT2D eigenvalue weighted by atomic mass is 79.9. The number of rotatable bonds is 4. The quantitative estimate of drug-likeness (QED) is 0.915. The summed E-state index contributed by atoms with van der Waals surface area (Å²) in [6.07, 6.45) is 3.96. The number of aromatic nitrogens is 1. The Morgan fingerprint density at radius 2 is 2.22 bits per heavy atom. The number of carbonyl (C=O) groups is 1. The molecule has 0 radical (unpaired) electrons. The summed E-state index contributed by atoms with van der Waals surface area (Å²) in [7, 11) is 0. The van der Waals surface area contributed by atoms with Crippen LogP contribution in [0.1, 0.15) is 6.42 Å². The summed E-state index contributed by atoms with van der Waals surface area (Å²) in [4.78, 5) is 17.8. The number of nitrogens with one attached hydrogen (secondary N) is 1. The summed E-state index contributed by atoms with van der Waals surface area (Å²) < 4.78 is 6.14. The van der Waals surface area contributed by atoms with Crippen LogP contribution in [0, 0.1) is 0 Å². The standard InChI is InChI=1S/C12H16BrN3O2/c13-10-7-11(9-14-8-10)15-2-1-12(17)16-3-5-18-6-4-16/h7-9,15H,1-6H2. The number of anilines is 1. The van der Waals surface area contributed by atoms with Gasteiger partial charge in [-0.15, -0.1) is 0 Å². The fourth-order valence-electron chi connectivity index (χ4n) is 1.79. The molecule has 0 unspecified atom stereocenters. The van der Waals surface area contributed by atoms with E-state index >= 15 is 0 Å². The molecule has 0 bridgehead atoms. The number of morpholine rings is 1. The normalized spacial score (nSPS) is 15.5. The highest BCUT2D eigenvalue weighted by Gasteiger charge is 2.15. The molecule has 1 fully saturated rings. The first kappa shape index (κ1) is 13.3. The minimum atomic E-state index is 0.175. The zero-order valence-corrected chi connectivity index (χ0v) is 11.6. The van der Waals surface area contributed by atoms with Crippen molar-refractivity contribution in [3.8, 4) is 0 Å².